The van der Waals surface area contributed by atoms with Crippen molar-refractivity contribution in [3.8, 4) is 0 Å². The lowest BCUT2D eigenvalue weighted by Crippen LogP contribution is -2.41. The van der Waals surface area contributed by atoms with Gasteiger partial charge in [-0.15, -0.1) is 0 Å². The maximum Gasteiger partial charge on any atom is 0.328 e. The molecule has 0 bridgehead atoms. The number of unbranched alkanes of at least 4 members (excludes halogenated alkanes) is 1. The van der Waals surface area contributed by atoms with E-state index in [0.717, 1.165) is 0 Å². The summed E-state index contributed by atoms with van der Waals surface area (Å²) in [4.78, 5) is 36.1. The van der Waals surface area contributed by atoms with Crippen LogP contribution in [0.1, 0.15) is 40.0 Å². The Bertz CT molecular complexity index is 747. The average molecular weight is 368 g/mol. The SMILES string of the molecule is COC(=O)[C@H](CCCCNC(=O)c1ccccc1)NC(=O)c1ccccc1. The lowest BCUT2D eigenvalue weighted by atomic mass is 10.1. The highest BCUT2D eigenvalue weighted by atomic mass is 16.5. The molecule has 2 rings (SSSR count). The third-order valence-electron chi connectivity index (χ3n) is 4.07. The Labute approximate surface area is 158 Å². The van der Waals surface area contributed by atoms with Crippen LogP contribution in [0.25, 0.3) is 0 Å². The lowest BCUT2D eigenvalue weighted by Gasteiger charge is -2.16. The van der Waals surface area contributed by atoms with Gasteiger partial charge in [-0.1, -0.05) is 36.4 Å². The first-order chi connectivity index (χ1) is 13.1. The van der Waals surface area contributed by atoms with E-state index in [1.54, 1.807) is 36.4 Å². The van der Waals surface area contributed by atoms with Gasteiger partial charge in [-0.25, -0.2) is 4.79 Å². The molecule has 0 unspecified atom stereocenters. The number of esters is 1. The largest absolute Gasteiger partial charge is 0.467 e. The standard InChI is InChI=1S/C21H24N2O4/c1-27-21(26)18(23-20(25)17-12-6-3-7-13-17)14-8-9-15-22-19(24)16-10-4-2-5-11-16/h2-7,10-13,18H,8-9,14-15H2,1H3,(H,22,24)(H,23,25)/t18-/m0/s1. The van der Waals surface area contributed by atoms with Gasteiger partial charge in [-0.2, -0.15) is 0 Å². The summed E-state index contributed by atoms with van der Waals surface area (Å²) >= 11 is 0. The van der Waals surface area contributed by atoms with Crippen molar-refractivity contribution in [3.05, 3.63) is 71.8 Å². The molecular formula is C21H24N2O4. The van der Waals surface area contributed by atoms with E-state index >= 15 is 0 Å². The fourth-order valence-electron chi connectivity index (χ4n) is 2.59. The minimum atomic E-state index is -0.715. The summed E-state index contributed by atoms with van der Waals surface area (Å²) in [5.74, 6) is -0.923. The summed E-state index contributed by atoms with van der Waals surface area (Å²) in [6.45, 7) is 0.494. The highest BCUT2D eigenvalue weighted by molar-refractivity contribution is 5.96. The first kappa shape index (κ1) is 20.2. The van der Waals surface area contributed by atoms with Crippen molar-refractivity contribution < 1.29 is 19.1 Å². The number of rotatable bonds is 9. The summed E-state index contributed by atoms with van der Waals surface area (Å²) in [6, 6.07) is 17.0. The molecule has 0 saturated carbocycles. The van der Waals surface area contributed by atoms with Crippen LogP contribution in [0.4, 0.5) is 0 Å². The van der Waals surface area contributed by atoms with Gasteiger partial charge in [-0.05, 0) is 43.5 Å². The second-order valence-electron chi connectivity index (χ2n) is 6.03. The van der Waals surface area contributed by atoms with Gasteiger partial charge >= 0.3 is 5.97 Å². The molecule has 0 aromatic heterocycles. The van der Waals surface area contributed by atoms with Crippen molar-refractivity contribution >= 4 is 17.8 Å². The molecule has 2 aromatic rings. The summed E-state index contributed by atoms with van der Waals surface area (Å²) < 4.78 is 4.78. The van der Waals surface area contributed by atoms with Gasteiger partial charge < -0.3 is 15.4 Å². The molecule has 0 heterocycles. The molecule has 0 aliphatic heterocycles. The van der Waals surface area contributed by atoms with Crippen LogP contribution in [0.5, 0.6) is 0 Å². The third-order valence-corrected chi connectivity index (χ3v) is 4.07. The fourth-order valence-corrected chi connectivity index (χ4v) is 2.59. The molecule has 0 aliphatic carbocycles. The van der Waals surface area contributed by atoms with Crippen molar-refractivity contribution in [3.63, 3.8) is 0 Å². The number of hydrogen-bond acceptors (Lipinski definition) is 4. The smallest absolute Gasteiger partial charge is 0.328 e. The Balaban J connectivity index is 1.77. The molecule has 0 spiro atoms. The van der Waals surface area contributed by atoms with E-state index < -0.39 is 12.0 Å². The minimum absolute atomic E-state index is 0.127. The Morgan fingerprint density at radius 3 is 1.96 bits per heavy atom. The first-order valence-electron chi connectivity index (χ1n) is 8.89. The van der Waals surface area contributed by atoms with E-state index in [9.17, 15) is 14.4 Å². The van der Waals surface area contributed by atoms with Crippen LogP contribution in [0.3, 0.4) is 0 Å². The molecule has 1 atom stereocenters. The van der Waals surface area contributed by atoms with Crippen molar-refractivity contribution in [1.82, 2.24) is 10.6 Å². The van der Waals surface area contributed by atoms with Gasteiger partial charge in [0.2, 0.25) is 0 Å². The molecule has 142 valence electrons. The molecule has 0 radical (unpaired) electrons. The minimum Gasteiger partial charge on any atom is -0.467 e. The van der Waals surface area contributed by atoms with Crippen molar-refractivity contribution in [2.24, 2.45) is 0 Å². The molecule has 6 heteroatoms. The zero-order valence-electron chi connectivity index (χ0n) is 15.3. The molecule has 27 heavy (non-hydrogen) atoms. The van der Waals surface area contributed by atoms with Crippen molar-refractivity contribution in [2.45, 2.75) is 25.3 Å². The number of carbonyl (C=O) groups is 3. The van der Waals surface area contributed by atoms with Crippen molar-refractivity contribution in [1.29, 1.82) is 0 Å². The monoisotopic (exact) mass is 368 g/mol. The van der Waals surface area contributed by atoms with E-state index in [1.807, 2.05) is 24.3 Å². The van der Waals surface area contributed by atoms with E-state index in [4.69, 9.17) is 4.74 Å². The number of carbonyl (C=O) groups excluding carboxylic acids is 3. The Kier molecular flexibility index (Phi) is 8.03. The molecule has 2 aromatic carbocycles. The van der Waals surface area contributed by atoms with Crippen LogP contribution in [0.15, 0.2) is 60.7 Å². The predicted octanol–water partition coefficient (Wildman–Crippen LogP) is 2.56. The molecule has 6 nitrogen and oxygen atoms in total. The number of benzene rings is 2. The molecule has 0 fully saturated rings. The summed E-state index contributed by atoms with van der Waals surface area (Å²) in [7, 11) is 1.30. The quantitative estimate of drug-likeness (QED) is 0.526. The van der Waals surface area contributed by atoms with Crippen LogP contribution >= 0.6 is 0 Å². The maximum absolute atomic E-state index is 12.2. The van der Waals surface area contributed by atoms with Gasteiger partial charge in [0.25, 0.3) is 11.8 Å². The Morgan fingerprint density at radius 1 is 0.852 bits per heavy atom. The van der Waals surface area contributed by atoms with E-state index in [1.165, 1.54) is 7.11 Å². The maximum atomic E-state index is 12.2. The third kappa shape index (κ3) is 6.58. The van der Waals surface area contributed by atoms with Gasteiger partial charge in [0, 0.05) is 17.7 Å². The average Bonchev–Trinajstić information content (AvgIpc) is 2.73. The van der Waals surface area contributed by atoms with Gasteiger partial charge in [-0.3, -0.25) is 9.59 Å². The molecular weight excluding hydrogens is 344 g/mol. The molecule has 0 aliphatic rings. The molecule has 2 amide bonds. The number of methoxy groups -OCH3 is 1. The zero-order chi connectivity index (χ0) is 19.5. The van der Waals surface area contributed by atoms with Gasteiger partial charge in [0.15, 0.2) is 0 Å². The van der Waals surface area contributed by atoms with Gasteiger partial charge in [0.05, 0.1) is 7.11 Å². The predicted molar refractivity (Wildman–Crippen MR) is 102 cm³/mol. The topological polar surface area (TPSA) is 84.5 Å². The van der Waals surface area contributed by atoms with E-state index in [2.05, 4.69) is 10.6 Å². The summed E-state index contributed by atoms with van der Waals surface area (Å²) in [5, 5.41) is 5.55. The Morgan fingerprint density at radius 2 is 1.41 bits per heavy atom. The van der Waals surface area contributed by atoms with Crippen LogP contribution < -0.4 is 10.6 Å². The Hall–Kier alpha value is -3.15. The zero-order valence-corrected chi connectivity index (χ0v) is 15.3. The van der Waals surface area contributed by atoms with Crippen LogP contribution in [0.2, 0.25) is 0 Å². The number of ether oxygens (including phenoxy) is 1. The second-order valence-corrected chi connectivity index (χ2v) is 6.03. The number of hydrogen-bond donors (Lipinski definition) is 2. The first-order valence-corrected chi connectivity index (χ1v) is 8.89. The van der Waals surface area contributed by atoms with E-state index in [-0.39, 0.29) is 11.8 Å². The summed E-state index contributed by atoms with van der Waals surface area (Å²) in [6.07, 6.45) is 1.78. The highest BCUT2D eigenvalue weighted by Gasteiger charge is 2.21. The lowest BCUT2D eigenvalue weighted by molar-refractivity contribution is -0.143. The van der Waals surface area contributed by atoms with Crippen LogP contribution in [-0.2, 0) is 9.53 Å². The molecule has 2 N–H and O–H groups in total. The summed E-state index contributed by atoms with van der Waals surface area (Å²) in [5.41, 5.74) is 1.10. The molecule has 0 saturated heterocycles. The second kappa shape index (κ2) is 10.8. The number of nitrogens with one attached hydrogen (secondary N) is 2. The van der Waals surface area contributed by atoms with Crippen LogP contribution in [0, 0.1) is 0 Å². The highest BCUT2D eigenvalue weighted by Crippen LogP contribution is 2.06. The van der Waals surface area contributed by atoms with Gasteiger partial charge in [0.1, 0.15) is 6.04 Å². The fraction of sp³-hybridized carbons (Fsp3) is 0.286. The van der Waals surface area contributed by atoms with E-state index in [0.29, 0.717) is 36.9 Å². The van der Waals surface area contributed by atoms with Crippen LogP contribution in [-0.4, -0.2) is 37.5 Å². The normalized spacial score (nSPS) is 11.3. The van der Waals surface area contributed by atoms with Crippen molar-refractivity contribution in [2.75, 3.05) is 13.7 Å². The number of amides is 2.